The number of rotatable bonds is 11. The molecule has 240 valence electrons. The third kappa shape index (κ3) is 9.05. The smallest absolute Gasteiger partial charge is 0.411 e. The van der Waals surface area contributed by atoms with Crippen molar-refractivity contribution in [2.45, 2.75) is 18.2 Å². The maximum atomic E-state index is 13.4. The Morgan fingerprint density at radius 1 is 1.02 bits per heavy atom. The van der Waals surface area contributed by atoms with E-state index in [9.17, 15) is 18.0 Å². The summed E-state index contributed by atoms with van der Waals surface area (Å²) in [4.78, 5) is 25.0. The Kier molecular flexibility index (Phi) is 10.3. The number of carbonyl (C=O) groups excluding carboxylic acids is 2. The lowest BCUT2D eigenvalue weighted by atomic mass is 9.98. The molecule has 0 bridgehead atoms. The van der Waals surface area contributed by atoms with Gasteiger partial charge in [-0.25, -0.2) is 13.2 Å². The minimum atomic E-state index is -3.47. The first-order valence-corrected chi connectivity index (χ1v) is 16.6. The van der Waals surface area contributed by atoms with E-state index in [1.54, 1.807) is 54.6 Å². The van der Waals surface area contributed by atoms with Crippen molar-refractivity contribution in [3.8, 4) is 16.8 Å². The van der Waals surface area contributed by atoms with E-state index in [0.29, 0.717) is 45.2 Å². The lowest BCUT2D eigenvalue weighted by Crippen LogP contribution is -2.29. The van der Waals surface area contributed by atoms with Gasteiger partial charge in [-0.3, -0.25) is 10.1 Å². The van der Waals surface area contributed by atoms with Gasteiger partial charge >= 0.3 is 6.09 Å². The van der Waals surface area contributed by atoms with Crippen LogP contribution < -0.4 is 10.6 Å². The molecule has 0 saturated heterocycles. The molecule has 15 heteroatoms. The van der Waals surface area contributed by atoms with Crippen molar-refractivity contribution < 1.29 is 22.7 Å². The van der Waals surface area contributed by atoms with Crippen LogP contribution >= 0.6 is 11.6 Å². The van der Waals surface area contributed by atoms with Crippen LogP contribution in [-0.2, 0) is 31.5 Å². The number of hydrogen-bond acceptors (Lipinski definition) is 10. The summed E-state index contributed by atoms with van der Waals surface area (Å²) in [6, 6.07) is 22.5. The van der Waals surface area contributed by atoms with E-state index < -0.39 is 27.9 Å². The van der Waals surface area contributed by atoms with Crippen LogP contribution in [0.4, 0.5) is 10.5 Å². The second-order valence-corrected chi connectivity index (χ2v) is 13.0. The van der Waals surface area contributed by atoms with Crippen molar-refractivity contribution in [1.82, 2.24) is 35.7 Å². The van der Waals surface area contributed by atoms with Crippen LogP contribution in [0.15, 0.2) is 91.3 Å². The molecule has 47 heavy (non-hydrogen) atoms. The second kappa shape index (κ2) is 14.7. The summed E-state index contributed by atoms with van der Waals surface area (Å²) in [6.07, 6.45) is 5.27. The average molecular weight is 673 g/mol. The van der Waals surface area contributed by atoms with E-state index in [0.717, 1.165) is 11.8 Å². The molecule has 5 aromatic rings. The molecule has 2 heterocycles. The number of methoxy groups -OCH3 is 1. The molecule has 0 radical (unpaired) electrons. The molecule has 5 rings (SSSR count). The predicted molar refractivity (Wildman–Crippen MR) is 176 cm³/mol. The number of nitrogens with zero attached hydrogens (tertiary/aromatic N) is 6. The van der Waals surface area contributed by atoms with E-state index in [1.807, 2.05) is 30.3 Å². The molecule has 2 N–H and O–H groups in total. The molecule has 1 atom stereocenters. The molecule has 0 spiro atoms. The first kappa shape index (κ1) is 32.9. The zero-order chi connectivity index (χ0) is 33.4. The highest BCUT2D eigenvalue weighted by atomic mass is 35.5. The molecule has 0 aliphatic heterocycles. The van der Waals surface area contributed by atoms with E-state index in [2.05, 4.69) is 41.1 Å². The van der Waals surface area contributed by atoms with Gasteiger partial charge in [-0.15, -0.1) is 5.10 Å². The Morgan fingerprint density at radius 3 is 2.47 bits per heavy atom. The SMILES string of the molecule is COC(=O)Nc1ccc(-c2cc(C(Cc3ccccc3)NC(=O)/C=C/c3cc(Cl)ccc3-n3cnnn3)nnc2CS(C)(=O)=O)cc1. The van der Waals surface area contributed by atoms with Crippen LogP contribution in [0.5, 0.6) is 0 Å². The van der Waals surface area contributed by atoms with Crippen LogP contribution in [0.2, 0.25) is 5.02 Å². The van der Waals surface area contributed by atoms with Gasteiger partial charge in [-0.1, -0.05) is 54.1 Å². The highest BCUT2D eigenvalue weighted by Crippen LogP contribution is 2.29. The van der Waals surface area contributed by atoms with Crippen molar-refractivity contribution in [2.24, 2.45) is 0 Å². The molecule has 2 amide bonds. The molecular weight excluding hydrogens is 644 g/mol. The number of anilines is 1. The van der Waals surface area contributed by atoms with E-state index in [1.165, 1.54) is 24.2 Å². The molecule has 3 aromatic carbocycles. The monoisotopic (exact) mass is 672 g/mol. The van der Waals surface area contributed by atoms with Gasteiger partial charge in [0.15, 0.2) is 9.84 Å². The molecule has 0 aliphatic rings. The summed E-state index contributed by atoms with van der Waals surface area (Å²) in [5.41, 5.74) is 4.44. The molecule has 13 nitrogen and oxygen atoms in total. The number of nitrogens with one attached hydrogen (secondary N) is 2. The maximum Gasteiger partial charge on any atom is 0.411 e. The van der Waals surface area contributed by atoms with Gasteiger partial charge in [0.25, 0.3) is 0 Å². The number of benzene rings is 3. The highest BCUT2D eigenvalue weighted by Gasteiger charge is 2.21. The molecule has 2 aromatic heterocycles. The maximum absolute atomic E-state index is 13.4. The van der Waals surface area contributed by atoms with Crippen molar-refractivity contribution in [3.05, 3.63) is 119 Å². The topological polar surface area (TPSA) is 171 Å². The normalized spacial score (nSPS) is 12.1. The van der Waals surface area contributed by atoms with E-state index in [-0.39, 0.29) is 11.4 Å². The van der Waals surface area contributed by atoms with Gasteiger partial charge in [0.05, 0.1) is 36.0 Å². The minimum Gasteiger partial charge on any atom is -0.453 e. The van der Waals surface area contributed by atoms with Gasteiger partial charge in [0, 0.05) is 34.2 Å². The third-order valence-electron chi connectivity index (χ3n) is 6.87. The van der Waals surface area contributed by atoms with Gasteiger partial charge < -0.3 is 10.1 Å². The number of tetrazole rings is 1. The number of sulfone groups is 1. The lowest BCUT2D eigenvalue weighted by molar-refractivity contribution is -0.117. The van der Waals surface area contributed by atoms with Crippen molar-refractivity contribution >= 4 is 45.2 Å². The minimum absolute atomic E-state index is 0.241. The van der Waals surface area contributed by atoms with Gasteiger partial charge in [0.2, 0.25) is 5.91 Å². The summed E-state index contributed by atoms with van der Waals surface area (Å²) in [6.45, 7) is 0. The van der Waals surface area contributed by atoms with Crippen molar-refractivity contribution in [1.29, 1.82) is 0 Å². The number of aromatic nitrogens is 6. The predicted octanol–water partition coefficient (Wildman–Crippen LogP) is 4.61. The Labute approximate surface area is 275 Å². The van der Waals surface area contributed by atoms with Crippen molar-refractivity contribution in [3.63, 3.8) is 0 Å². The van der Waals surface area contributed by atoms with Crippen LogP contribution in [-0.4, -0.2) is 64.2 Å². The first-order chi connectivity index (χ1) is 22.6. The average Bonchev–Trinajstić information content (AvgIpc) is 3.59. The molecule has 0 aliphatic carbocycles. The van der Waals surface area contributed by atoms with E-state index in [4.69, 9.17) is 11.6 Å². The molecule has 0 fully saturated rings. The number of halogens is 1. The Hall–Kier alpha value is -5.47. The summed E-state index contributed by atoms with van der Waals surface area (Å²) in [5, 5.41) is 26.0. The van der Waals surface area contributed by atoms with Gasteiger partial charge in [-0.05, 0) is 70.4 Å². The third-order valence-corrected chi connectivity index (χ3v) is 7.90. The fraction of sp³-hybridized carbons (Fsp3) is 0.156. The summed E-state index contributed by atoms with van der Waals surface area (Å²) in [7, 11) is -2.21. The summed E-state index contributed by atoms with van der Waals surface area (Å²) < 4.78 is 30.7. The number of ether oxygens (including phenoxy) is 1. The fourth-order valence-corrected chi connectivity index (χ4v) is 5.60. The lowest BCUT2D eigenvalue weighted by Gasteiger charge is -2.19. The fourth-order valence-electron chi connectivity index (χ4n) is 4.71. The summed E-state index contributed by atoms with van der Waals surface area (Å²) in [5.74, 6) is -0.769. The Bertz CT molecular complexity index is 2010. The van der Waals surface area contributed by atoms with Gasteiger partial charge in [0.1, 0.15) is 6.33 Å². The zero-order valence-corrected chi connectivity index (χ0v) is 26.8. The standard InChI is InChI=1S/C32H29ClN8O5S/c1-46-32(43)35-25-12-8-22(9-13-25)26-18-28(37-38-29(26)19-47(2,44)45)27(16-21-6-4-3-5-7-21)36-31(42)15-10-23-17-24(33)11-14-30(23)41-20-34-39-40-41/h3-15,17-18,20,27H,16,19H2,1-2H3,(H,35,43)(H,36,42)/b15-10+. The first-order valence-electron chi connectivity index (χ1n) is 14.1. The summed E-state index contributed by atoms with van der Waals surface area (Å²) >= 11 is 6.23. The van der Waals surface area contributed by atoms with E-state index >= 15 is 0 Å². The second-order valence-electron chi connectivity index (χ2n) is 10.4. The van der Waals surface area contributed by atoms with Gasteiger partial charge in [-0.2, -0.15) is 14.9 Å². The molecule has 1 unspecified atom stereocenters. The largest absolute Gasteiger partial charge is 0.453 e. The van der Waals surface area contributed by atoms with Crippen LogP contribution in [0, 0.1) is 0 Å². The van der Waals surface area contributed by atoms with Crippen LogP contribution in [0.3, 0.4) is 0 Å². The number of amides is 2. The zero-order valence-electron chi connectivity index (χ0n) is 25.2. The van der Waals surface area contributed by atoms with Crippen LogP contribution in [0.1, 0.15) is 28.6 Å². The Morgan fingerprint density at radius 2 is 1.79 bits per heavy atom. The highest BCUT2D eigenvalue weighted by molar-refractivity contribution is 7.89. The molecule has 0 saturated carbocycles. The molecular formula is C32H29ClN8O5S. The van der Waals surface area contributed by atoms with Crippen molar-refractivity contribution in [2.75, 3.05) is 18.7 Å². The Balaban J connectivity index is 1.49. The van der Waals surface area contributed by atoms with Crippen LogP contribution in [0.25, 0.3) is 22.9 Å². The quantitative estimate of drug-likeness (QED) is 0.189. The number of hydrogen-bond donors (Lipinski definition) is 2. The number of carbonyl (C=O) groups is 2.